The van der Waals surface area contributed by atoms with Crippen LogP contribution in [0, 0.1) is 10.1 Å². The monoisotopic (exact) mass is 298 g/mol. The number of nitro groups is 1. The second-order valence-corrected chi connectivity index (χ2v) is 5.47. The molecule has 2 atom stereocenters. The fourth-order valence-electron chi connectivity index (χ4n) is 2.59. The third-order valence-corrected chi connectivity index (χ3v) is 4.13. The number of nitrogens with one attached hydrogen (secondary N) is 1. The molecular weight excluding hydrogens is 280 g/mol. The molecule has 1 saturated carbocycles. The summed E-state index contributed by atoms with van der Waals surface area (Å²) in [5, 5.41) is 14.3. The molecule has 2 unspecified atom stereocenters. The number of hydrogen-bond donors (Lipinski definition) is 1. The minimum Gasteiger partial charge on any atom is -0.372 e. The van der Waals surface area contributed by atoms with Gasteiger partial charge in [0, 0.05) is 18.2 Å². The van der Waals surface area contributed by atoms with Crippen LogP contribution in [0.5, 0.6) is 0 Å². The molecule has 0 aliphatic heterocycles. The van der Waals surface area contributed by atoms with Gasteiger partial charge in [-0.25, -0.2) is 0 Å². The third-order valence-electron chi connectivity index (χ3n) is 3.77. The summed E-state index contributed by atoms with van der Waals surface area (Å²) in [6, 6.07) is 4.87. The lowest BCUT2D eigenvalue weighted by molar-refractivity contribution is -0.384. The van der Waals surface area contributed by atoms with Gasteiger partial charge in [-0.05, 0) is 31.5 Å². The molecule has 0 radical (unpaired) electrons. The second-order valence-electron chi connectivity index (χ2n) is 5.06. The van der Waals surface area contributed by atoms with E-state index in [2.05, 4.69) is 5.32 Å². The van der Waals surface area contributed by atoms with E-state index in [0.29, 0.717) is 17.7 Å². The van der Waals surface area contributed by atoms with Crippen molar-refractivity contribution in [2.75, 3.05) is 7.05 Å². The van der Waals surface area contributed by atoms with Gasteiger partial charge >= 0.3 is 0 Å². The van der Waals surface area contributed by atoms with Crippen LogP contribution in [0.3, 0.4) is 0 Å². The highest BCUT2D eigenvalue weighted by Crippen LogP contribution is 2.26. The van der Waals surface area contributed by atoms with Crippen molar-refractivity contribution in [3.63, 3.8) is 0 Å². The van der Waals surface area contributed by atoms with Crippen molar-refractivity contribution < 1.29 is 9.66 Å². The van der Waals surface area contributed by atoms with E-state index in [1.807, 2.05) is 7.05 Å². The molecule has 1 fully saturated rings. The Hall–Kier alpha value is -1.17. The number of likely N-dealkylation sites (N-methyl/N-ethyl adjacent to an activating group) is 1. The third kappa shape index (κ3) is 3.69. The van der Waals surface area contributed by atoms with Crippen LogP contribution in [0.25, 0.3) is 0 Å². The normalized spacial score (nSPS) is 22.7. The van der Waals surface area contributed by atoms with E-state index < -0.39 is 4.92 Å². The highest BCUT2D eigenvalue weighted by atomic mass is 35.5. The molecule has 0 spiro atoms. The van der Waals surface area contributed by atoms with Crippen LogP contribution in [0.1, 0.15) is 31.2 Å². The first kappa shape index (κ1) is 15.2. The molecule has 20 heavy (non-hydrogen) atoms. The average molecular weight is 299 g/mol. The average Bonchev–Trinajstić information content (AvgIpc) is 2.46. The fourth-order valence-corrected chi connectivity index (χ4v) is 2.82. The lowest BCUT2D eigenvalue weighted by Crippen LogP contribution is -2.41. The van der Waals surface area contributed by atoms with E-state index in [1.54, 1.807) is 6.07 Å². The lowest BCUT2D eigenvalue weighted by Gasteiger charge is -2.31. The first-order chi connectivity index (χ1) is 9.61. The Balaban J connectivity index is 1.98. The van der Waals surface area contributed by atoms with Crippen molar-refractivity contribution in [3.8, 4) is 0 Å². The molecule has 110 valence electrons. The van der Waals surface area contributed by atoms with Crippen molar-refractivity contribution in [1.29, 1.82) is 0 Å². The lowest BCUT2D eigenvalue weighted by atomic mass is 9.92. The molecule has 1 aliphatic carbocycles. The summed E-state index contributed by atoms with van der Waals surface area (Å²) in [4.78, 5) is 10.2. The van der Waals surface area contributed by atoms with Gasteiger partial charge in [0.05, 0.1) is 22.7 Å². The Morgan fingerprint density at radius 2 is 2.20 bits per heavy atom. The van der Waals surface area contributed by atoms with E-state index in [0.717, 1.165) is 18.4 Å². The number of non-ortho nitro benzene ring substituents is 1. The van der Waals surface area contributed by atoms with Crippen LogP contribution in [0.4, 0.5) is 5.69 Å². The number of hydrogen-bond acceptors (Lipinski definition) is 4. The van der Waals surface area contributed by atoms with Gasteiger partial charge in [-0.15, -0.1) is 0 Å². The molecular formula is C14H19ClN2O3. The highest BCUT2D eigenvalue weighted by molar-refractivity contribution is 6.31. The molecule has 0 aromatic heterocycles. The SMILES string of the molecule is CNC1CCCCC1OCc1ccc([N+](=O)[O-])cc1Cl. The Kier molecular flexibility index (Phi) is 5.34. The predicted octanol–water partition coefficient (Wildman–Crippen LogP) is 3.30. The van der Waals surface area contributed by atoms with Crippen LogP contribution in [0.2, 0.25) is 5.02 Å². The van der Waals surface area contributed by atoms with Crippen molar-refractivity contribution in [3.05, 3.63) is 38.9 Å². The standard InChI is InChI=1S/C14H19ClN2O3/c1-16-13-4-2-3-5-14(13)20-9-10-6-7-11(17(18)19)8-12(10)15/h6-8,13-14,16H,2-5,9H2,1H3. The van der Waals surface area contributed by atoms with E-state index in [1.165, 1.54) is 25.0 Å². The zero-order chi connectivity index (χ0) is 14.5. The summed E-state index contributed by atoms with van der Waals surface area (Å²) in [6.07, 6.45) is 4.74. The first-order valence-corrected chi connectivity index (χ1v) is 7.21. The molecule has 1 aromatic rings. The van der Waals surface area contributed by atoms with E-state index in [9.17, 15) is 10.1 Å². The maximum absolute atomic E-state index is 10.7. The van der Waals surface area contributed by atoms with Gasteiger partial charge in [0.15, 0.2) is 0 Å². The first-order valence-electron chi connectivity index (χ1n) is 6.83. The zero-order valence-electron chi connectivity index (χ0n) is 11.5. The summed E-state index contributed by atoms with van der Waals surface area (Å²) in [5.74, 6) is 0. The quantitative estimate of drug-likeness (QED) is 0.669. The maximum Gasteiger partial charge on any atom is 0.270 e. The van der Waals surface area contributed by atoms with Crippen molar-refractivity contribution in [2.24, 2.45) is 0 Å². The fraction of sp³-hybridized carbons (Fsp3) is 0.571. The second kappa shape index (κ2) is 7.02. The molecule has 5 nitrogen and oxygen atoms in total. The summed E-state index contributed by atoms with van der Waals surface area (Å²) >= 11 is 6.06. The van der Waals surface area contributed by atoms with Gasteiger partial charge in [-0.1, -0.05) is 24.4 Å². The van der Waals surface area contributed by atoms with Crippen LogP contribution in [-0.4, -0.2) is 24.1 Å². The van der Waals surface area contributed by atoms with Crippen molar-refractivity contribution in [2.45, 2.75) is 44.4 Å². The topological polar surface area (TPSA) is 64.4 Å². The smallest absolute Gasteiger partial charge is 0.270 e. The number of halogens is 1. The maximum atomic E-state index is 10.7. The van der Waals surface area contributed by atoms with Gasteiger partial charge in [0.2, 0.25) is 0 Å². The number of ether oxygens (including phenoxy) is 1. The molecule has 0 heterocycles. The predicted molar refractivity (Wildman–Crippen MR) is 78.0 cm³/mol. The van der Waals surface area contributed by atoms with Crippen LogP contribution in [-0.2, 0) is 11.3 Å². The van der Waals surface area contributed by atoms with Crippen LogP contribution < -0.4 is 5.32 Å². The van der Waals surface area contributed by atoms with Crippen molar-refractivity contribution in [1.82, 2.24) is 5.32 Å². The largest absolute Gasteiger partial charge is 0.372 e. The Bertz CT molecular complexity index is 481. The Labute approximate surface area is 123 Å². The van der Waals surface area contributed by atoms with Gasteiger partial charge in [-0.2, -0.15) is 0 Å². The van der Waals surface area contributed by atoms with Crippen LogP contribution >= 0.6 is 11.6 Å². The van der Waals surface area contributed by atoms with Gasteiger partial charge in [0.1, 0.15) is 0 Å². The molecule has 1 N–H and O–H groups in total. The van der Waals surface area contributed by atoms with E-state index in [-0.39, 0.29) is 11.8 Å². The molecule has 1 aliphatic rings. The minimum atomic E-state index is -0.450. The van der Waals surface area contributed by atoms with E-state index >= 15 is 0 Å². The number of rotatable bonds is 5. The van der Waals surface area contributed by atoms with Gasteiger partial charge in [-0.3, -0.25) is 10.1 Å². The Morgan fingerprint density at radius 1 is 1.45 bits per heavy atom. The van der Waals surface area contributed by atoms with Gasteiger partial charge in [0.25, 0.3) is 5.69 Å². The molecule has 0 saturated heterocycles. The summed E-state index contributed by atoms with van der Waals surface area (Å²) in [6.45, 7) is 0.389. The number of benzene rings is 1. The van der Waals surface area contributed by atoms with Crippen LogP contribution in [0.15, 0.2) is 18.2 Å². The summed E-state index contributed by atoms with van der Waals surface area (Å²) in [5.41, 5.74) is 0.794. The minimum absolute atomic E-state index is 0.00418. The molecule has 6 heteroatoms. The number of nitro benzene ring substituents is 1. The molecule has 0 bridgehead atoms. The summed E-state index contributed by atoms with van der Waals surface area (Å²) < 4.78 is 5.94. The number of nitrogens with zero attached hydrogens (tertiary/aromatic N) is 1. The van der Waals surface area contributed by atoms with E-state index in [4.69, 9.17) is 16.3 Å². The highest BCUT2D eigenvalue weighted by Gasteiger charge is 2.24. The van der Waals surface area contributed by atoms with Gasteiger partial charge < -0.3 is 10.1 Å². The molecule has 0 amide bonds. The zero-order valence-corrected chi connectivity index (χ0v) is 12.2. The molecule has 1 aromatic carbocycles. The summed E-state index contributed by atoms with van der Waals surface area (Å²) in [7, 11) is 1.95. The molecule has 2 rings (SSSR count). The van der Waals surface area contributed by atoms with Crippen molar-refractivity contribution >= 4 is 17.3 Å². The Morgan fingerprint density at radius 3 is 2.85 bits per heavy atom.